The lowest BCUT2D eigenvalue weighted by molar-refractivity contribution is 0.652. The first-order chi connectivity index (χ1) is 50.0. The van der Waals surface area contributed by atoms with E-state index in [4.69, 9.17) is 30.4 Å². The van der Waals surface area contributed by atoms with E-state index in [0.717, 1.165) is 71.5 Å². The highest BCUT2D eigenvalue weighted by atomic mass is 35.5. The van der Waals surface area contributed by atoms with Crippen molar-refractivity contribution in [2.45, 2.75) is 0 Å². The molecule has 0 fully saturated rings. The molecule has 0 amide bonds. The van der Waals surface area contributed by atoms with Crippen LogP contribution in [-0.4, -0.2) is 44.9 Å². The molecule has 0 unspecified atom stereocenters. The minimum absolute atomic E-state index is 0.373. The molecular formula is C89H57ClN8O2S. The molecular weight excluding hydrogens is 1280 g/mol. The molecule has 101 heavy (non-hydrogen) atoms. The smallest absolute Gasteiger partial charge is 0.246 e. The van der Waals surface area contributed by atoms with Crippen molar-refractivity contribution in [3.8, 4) is 39.4 Å². The summed E-state index contributed by atoms with van der Waals surface area (Å²) < 4.78 is 18.8. The van der Waals surface area contributed by atoms with Crippen LogP contribution in [0.1, 0.15) is 0 Å². The van der Waals surface area contributed by atoms with Crippen LogP contribution in [0.4, 0.5) is 0 Å². The molecule has 10 nitrogen and oxygen atoms in total. The van der Waals surface area contributed by atoms with Crippen molar-refractivity contribution in [1.29, 1.82) is 0 Å². The van der Waals surface area contributed by atoms with Crippen molar-refractivity contribution in [3.63, 3.8) is 0 Å². The second-order valence-electron chi connectivity index (χ2n) is 25.1. The first-order valence-electron chi connectivity index (χ1n) is 33.5. The molecule has 8 aromatic heterocycles. The van der Waals surface area contributed by atoms with Gasteiger partial charge < -0.3 is 23.0 Å². The van der Waals surface area contributed by atoms with Crippen LogP contribution < -0.4 is 0 Å². The van der Waals surface area contributed by atoms with Crippen LogP contribution in [0.25, 0.3) is 193 Å². The highest BCUT2D eigenvalue weighted by Gasteiger charge is 2.21. The Morgan fingerprint density at radius 1 is 0.317 bits per heavy atom. The van der Waals surface area contributed by atoms with Crippen LogP contribution in [0, 0.1) is 0 Å². The summed E-state index contributed by atoms with van der Waals surface area (Å²) in [5, 5.41) is 16.8. The molecule has 22 rings (SSSR count). The van der Waals surface area contributed by atoms with Gasteiger partial charge in [-0.1, -0.05) is 206 Å². The van der Waals surface area contributed by atoms with Gasteiger partial charge in [0.1, 0.15) is 27.4 Å². The Hall–Kier alpha value is -12.8. The predicted molar refractivity (Wildman–Crippen MR) is 423 cm³/mol. The third-order valence-corrected chi connectivity index (χ3v) is 19.7. The van der Waals surface area contributed by atoms with Gasteiger partial charge in [-0.25, -0.2) is 19.9 Å². The van der Waals surface area contributed by atoms with Gasteiger partial charge in [-0.15, -0.1) is 0 Å². The van der Waals surface area contributed by atoms with Crippen molar-refractivity contribution in [1.82, 2.24) is 38.6 Å². The first-order valence-corrected chi connectivity index (χ1v) is 34.7. The number of nitrogens with zero attached hydrogens (tertiary/aromatic N) is 7. The second kappa shape index (κ2) is 24.3. The molecule has 0 aliphatic heterocycles. The summed E-state index contributed by atoms with van der Waals surface area (Å²) in [4.78, 5) is 22.0. The molecule has 478 valence electrons. The number of halogens is 1. The number of furan rings is 2. The van der Waals surface area contributed by atoms with E-state index in [0.29, 0.717) is 22.1 Å². The number of thiol groups is 1. The third-order valence-electron chi connectivity index (χ3n) is 19.6. The van der Waals surface area contributed by atoms with Gasteiger partial charge in [0, 0.05) is 65.5 Å². The molecule has 0 aliphatic rings. The van der Waals surface area contributed by atoms with E-state index in [2.05, 4.69) is 314 Å². The molecule has 0 spiro atoms. The van der Waals surface area contributed by atoms with Gasteiger partial charge in [-0.2, -0.15) is 12.6 Å². The molecule has 22 aromatic rings. The average molecular weight is 1340 g/mol. The summed E-state index contributed by atoms with van der Waals surface area (Å²) in [5.74, 6) is 0.761. The van der Waals surface area contributed by atoms with Gasteiger partial charge in [0.05, 0.1) is 56.3 Å². The van der Waals surface area contributed by atoms with Gasteiger partial charge in [0.2, 0.25) is 11.4 Å². The quantitative estimate of drug-likeness (QED) is 0.166. The lowest BCUT2D eigenvalue weighted by Gasteiger charge is -2.09. The van der Waals surface area contributed by atoms with Crippen molar-refractivity contribution in [3.05, 3.63) is 321 Å². The van der Waals surface area contributed by atoms with Crippen LogP contribution in [0.15, 0.2) is 325 Å². The number of nitrogens with one attached hydrogen (secondary N) is 1. The number of fused-ring (bicyclic) bond motifs is 22. The molecule has 0 saturated heterocycles. The van der Waals surface area contributed by atoms with Gasteiger partial charge in [-0.05, 0) is 159 Å². The molecule has 0 bridgehead atoms. The fourth-order valence-electron chi connectivity index (χ4n) is 15.1. The number of rotatable bonds is 5. The lowest BCUT2D eigenvalue weighted by Crippen LogP contribution is -1.98. The Labute approximate surface area is 587 Å². The Morgan fingerprint density at radius 2 is 0.693 bits per heavy atom. The lowest BCUT2D eigenvalue weighted by atomic mass is 10.0. The van der Waals surface area contributed by atoms with Crippen LogP contribution >= 0.6 is 24.2 Å². The van der Waals surface area contributed by atoms with E-state index in [1.165, 1.54) is 110 Å². The monoisotopic (exact) mass is 1340 g/mol. The zero-order valence-electron chi connectivity index (χ0n) is 54.3. The minimum atomic E-state index is 0.373. The molecule has 0 aliphatic carbocycles. The van der Waals surface area contributed by atoms with E-state index < -0.39 is 0 Å². The van der Waals surface area contributed by atoms with Crippen LogP contribution in [0.5, 0.6) is 0 Å². The zero-order valence-corrected chi connectivity index (χ0v) is 55.9. The number of H-pyrrole nitrogens is 1. The highest BCUT2D eigenvalue weighted by molar-refractivity contribution is 7.79. The maximum absolute atomic E-state index is 6.17. The molecule has 14 aromatic carbocycles. The fraction of sp³-hybridized carbons (Fsp3) is 0.0112. The number of aromatic nitrogens is 8. The van der Waals surface area contributed by atoms with Crippen LogP contribution in [0.2, 0.25) is 5.15 Å². The number of aromatic amines is 1. The van der Waals surface area contributed by atoms with Crippen molar-refractivity contribution >= 4 is 177 Å². The second-order valence-corrected chi connectivity index (χ2v) is 25.5. The summed E-state index contributed by atoms with van der Waals surface area (Å²) >= 11 is 9.44. The van der Waals surface area contributed by atoms with E-state index in [-0.39, 0.29) is 0 Å². The Morgan fingerprint density at radius 3 is 1.21 bits per heavy atom. The van der Waals surface area contributed by atoms with Gasteiger partial charge in [0.25, 0.3) is 0 Å². The predicted octanol–water partition coefficient (Wildman–Crippen LogP) is 24.2. The van der Waals surface area contributed by atoms with Crippen molar-refractivity contribution in [2.75, 3.05) is 6.26 Å². The molecule has 0 saturated carbocycles. The Bertz CT molecular complexity index is 7030. The van der Waals surface area contributed by atoms with Crippen LogP contribution in [0.3, 0.4) is 0 Å². The molecule has 0 radical (unpaired) electrons. The maximum Gasteiger partial charge on any atom is 0.246 e. The maximum atomic E-state index is 6.17. The number of hydrogen-bond acceptors (Lipinski definition) is 7. The third kappa shape index (κ3) is 9.87. The summed E-state index contributed by atoms with van der Waals surface area (Å²) in [7, 11) is 0. The Balaban J connectivity index is 0.000000116. The van der Waals surface area contributed by atoms with E-state index in [9.17, 15) is 0 Å². The summed E-state index contributed by atoms with van der Waals surface area (Å²) in [6, 6.07) is 107. The zero-order chi connectivity index (χ0) is 67.2. The molecule has 1 N–H and O–H groups in total. The van der Waals surface area contributed by atoms with E-state index in [1.54, 1.807) is 6.26 Å². The summed E-state index contributed by atoms with van der Waals surface area (Å²) in [6.07, 6.45) is 5.01. The fourth-order valence-corrected chi connectivity index (χ4v) is 15.3. The summed E-state index contributed by atoms with van der Waals surface area (Å²) in [6.45, 7) is 0. The standard InChI is InChI=1S/C44H26N4O.C30H20N2.C14H7ClN2O.CH4S/c1-2-11-30(12-3-1)47-36-16-8-6-14-32(36)34-24-28(18-21-38(34)47)29-19-22-39-35(25-29)33-15-7-9-17-37(33)48(39)41-26-45-44-43(46-41)42-31-13-5-4-10-27(31)20-23-40(42)49-44;1-2-8-22(9-3-1)32-29-13-7-5-11-24(29)26-19-21(15-17-30(26)32)20-14-16-28-25(18-20)23-10-4-6-12-27(23)31-28;15-11-7-16-14-13(17-11)12-9-4-2-1-3-8(9)5-6-10(12)18-14;1-2/h1-26H;1-19,31H;1-7H;2H,1H3. The van der Waals surface area contributed by atoms with Crippen molar-refractivity contribution in [2.24, 2.45) is 0 Å². The molecule has 12 heteroatoms. The topological polar surface area (TPSA) is 108 Å². The Kier molecular flexibility index (Phi) is 14.3. The number of hydrogen-bond donors (Lipinski definition) is 2. The van der Waals surface area contributed by atoms with Crippen molar-refractivity contribution < 1.29 is 8.83 Å². The SMILES string of the molecule is CS.Clc1cnc2oc3ccc4ccccc4c3c2n1.c1ccc(-n2c3ccccc3c3cc(-c4ccc5[nH]c6ccccc6c5c4)ccc32)cc1.c1ccc(-n2c3ccccc3c3cc(-c4ccc5c(c4)c4ccccc4n5-c4cnc5oc6ccc7ccccc7c6c5n4)ccc32)cc1. The van der Waals surface area contributed by atoms with Crippen LogP contribution in [-0.2, 0) is 0 Å². The molecule has 8 heterocycles. The summed E-state index contributed by atoms with van der Waals surface area (Å²) in [5.41, 5.74) is 20.7. The first kappa shape index (κ1) is 59.5. The van der Waals surface area contributed by atoms with Gasteiger partial charge >= 0.3 is 0 Å². The number of benzene rings is 14. The van der Waals surface area contributed by atoms with E-state index >= 15 is 0 Å². The largest absolute Gasteiger partial charge is 0.436 e. The molecule has 0 atom stereocenters. The highest BCUT2D eigenvalue weighted by Crippen LogP contribution is 2.42. The normalized spacial score (nSPS) is 11.7. The van der Waals surface area contributed by atoms with E-state index in [1.807, 2.05) is 36.5 Å². The van der Waals surface area contributed by atoms with Gasteiger partial charge in [-0.3, -0.25) is 4.57 Å². The minimum Gasteiger partial charge on any atom is -0.436 e. The number of para-hydroxylation sites is 6. The van der Waals surface area contributed by atoms with Gasteiger partial charge in [0.15, 0.2) is 5.82 Å². The average Bonchev–Trinajstić information content (AvgIpc) is 1.60.